The van der Waals surface area contributed by atoms with Gasteiger partial charge >= 0.3 is 5.97 Å². The van der Waals surface area contributed by atoms with Crippen molar-refractivity contribution in [2.24, 2.45) is 0 Å². The van der Waals surface area contributed by atoms with E-state index in [0.29, 0.717) is 6.54 Å². The van der Waals surface area contributed by atoms with Gasteiger partial charge in [-0.2, -0.15) is 8.42 Å². The van der Waals surface area contributed by atoms with E-state index in [-0.39, 0.29) is 22.4 Å². The van der Waals surface area contributed by atoms with Crippen LogP contribution >= 0.6 is 0 Å². The van der Waals surface area contributed by atoms with Crippen molar-refractivity contribution in [2.75, 3.05) is 26.4 Å². The van der Waals surface area contributed by atoms with Gasteiger partial charge in [0, 0.05) is 12.0 Å². The van der Waals surface area contributed by atoms with Crippen LogP contribution in [0.25, 0.3) is 0 Å². The maximum atomic E-state index is 11.2. The van der Waals surface area contributed by atoms with E-state index in [9.17, 15) is 13.2 Å². The summed E-state index contributed by atoms with van der Waals surface area (Å²) >= 11 is 0. The molecule has 0 aromatic rings. The molecule has 0 fully saturated rings. The quantitative estimate of drug-likeness (QED) is 0.320. The summed E-state index contributed by atoms with van der Waals surface area (Å²) in [5, 5.41) is 0. The maximum absolute atomic E-state index is 11.2. The molecular formula is C9H18NO5S+. The molecule has 6 nitrogen and oxygen atoms in total. The maximum Gasteiger partial charge on any atom is 0.392 e. The smallest absolute Gasteiger partial charge is 0.286 e. The number of hydroxylamine groups is 3. The number of nitrogens with zero attached hydrogens (tertiary/aromatic N) is 1. The van der Waals surface area contributed by atoms with E-state index in [1.54, 1.807) is 14.1 Å². The Morgan fingerprint density at radius 1 is 1.44 bits per heavy atom. The normalized spacial score (nSPS) is 12.2. The Bertz CT molecular complexity index is 371. The first kappa shape index (κ1) is 15.1. The number of hydrogen-bond donors (Lipinski definition) is 1. The molecule has 0 bridgehead atoms. The topological polar surface area (TPSA) is 80.7 Å². The summed E-state index contributed by atoms with van der Waals surface area (Å²) in [5.41, 5.74) is 0.279. The third-order valence-corrected chi connectivity index (χ3v) is 2.58. The van der Waals surface area contributed by atoms with Crippen molar-refractivity contribution in [3.8, 4) is 0 Å². The molecule has 0 rings (SSSR count). The summed E-state index contributed by atoms with van der Waals surface area (Å²) in [4.78, 5) is 16.3. The van der Waals surface area contributed by atoms with Crippen LogP contribution in [-0.2, 0) is 19.8 Å². The predicted molar refractivity (Wildman–Crippen MR) is 58.9 cm³/mol. The average Bonchev–Trinajstić information content (AvgIpc) is 1.99. The minimum Gasteiger partial charge on any atom is -0.286 e. The largest absolute Gasteiger partial charge is 0.392 e. The highest BCUT2D eigenvalue weighted by Crippen LogP contribution is 2.05. The monoisotopic (exact) mass is 252 g/mol. The summed E-state index contributed by atoms with van der Waals surface area (Å²) < 4.78 is 29.4. The molecule has 1 N–H and O–H groups in total. The van der Waals surface area contributed by atoms with Crippen molar-refractivity contribution in [3.63, 3.8) is 0 Å². The molecule has 0 saturated heterocycles. The first-order valence-electron chi connectivity index (χ1n) is 4.71. The minimum absolute atomic E-state index is 0.110. The van der Waals surface area contributed by atoms with Gasteiger partial charge in [0.05, 0.1) is 5.75 Å². The summed E-state index contributed by atoms with van der Waals surface area (Å²) in [6.45, 7) is 5.26. The molecule has 0 atom stereocenters. The van der Waals surface area contributed by atoms with Crippen molar-refractivity contribution in [1.82, 2.24) is 0 Å². The molecule has 0 radical (unpaired) electrons. The standard InChI is InChI=1S/C9H17NO5S/c1-8(2)9(11)15-10(3,4)6-5-7-16(12,13)14/h1,5-7H2,2-4H3/p+1. The predicted octanol–water partition coefficient (Wildman–Crippen LogP) is 0.375. The average molecular weight is 252 g/mol. The second kappa shape index (κ2) is 5.42. The Kier molecular flexibility index (Phi) is 5.11. The number of carbonyl (C=O) groups excluding carboxylic acids is 1. The second-order valence-corrected chi connectivity index (χ2v) is 5.67. The Morgan fingerprint density at radius 3 is 2.31 bits per heavy atom. The zero-order valence-electron chi connectivity index (χ0n) is 9.76. The van der Waals surface area contributed by atoms with Gasteiger partial charge in [-0.05, 0) is 6.92 Å². The van der Waals surface area contributed by atoms with Crippen LogP contribution < -0.4 is 0 Å². The van der Waals surface area contributed by atoms with E-state index in [0.717, 1.165) is 0 Å². The summed E-state index contributed by atoms with van der Waals surface area (Å²) in [6.07, 6.45) is 0.204. The first-order valence-corrected chi connectivity index (χ1v) is 6.32. The Labute approximate surface area is 95.8 Å². The Morgan fingerprint density at radius 2 is 1.94 bits per heavy atom. The van der Waals surface area contributed by atoms with Crippen LogP contribution in [0.1, 0.15) is 13.3 Å². The van der Waals surface area contributed by atoms with Gasteiger partial charge in [0.1, 0.15) is 20.6 Å². The van der Waals surface area contributed by atoms with Crippen molar-refractivity contribution in [2.45, 2.75) is 13.3 Å². The molecule has 0 aromatic heterocycles. The van der Waals surface area contributed by atoms with Crippen LogP contribution in [0, 0.1) is 0 Å². The third-order valence-electron chi connectivity index (χ3n) is 1.78. The molecule has 0 spiro atoms. The van der Waals surface area contributed by atoms with E-state index in [4.69, 9.17) is 9.39 Å². The van der Waals surface area contributed by atoms with E-state index in [2.05, 4.69) is 6.58 Å². The molecule has 94 valence electrons. The van der Waals surface area contributed by atoms with Gasteiger partial charge in [-0.25, -0.2) is 4.79 Å². The molecule has 0 aliphatic carbocycles. The zero-order valence-corrected chi connectivity index (χ0v) is 10.6. The molecule has 0 aliphatic rings. The lowest BCUT2D eigenvalue weighted by Crippen LogP contribution is -2.43. The van der Waals surface area contributed by atoms with E-state index < -0.39 is 16.1 Å². The van der Waals surface area contributed by atoms with Crippen molar-refractivity contribution < 1.29 is 27.2 Å². The van der Waals surface area contributed by atoms with Crippen LogP contribution in [-0.4, -0.2) is 50.0 Å². The molecule has 0 aromatic carbocycles. The van der Waals surface area contributed by atoms with Gasteiger partial charge in [0.15, 0.2) is 0 Å². The van der Waals surface area contributed by atoms with Crippen molar-refractivity contribution in [3.05, 3.63) is 12.2 Å². The second-order valence-electron chi connectivity index (χ2n) is 4.10. The fourth-order valence-corrected chi connectivity index (χ4v) is 1.47. The lowest BCUT2D eigenvalue weighted by atomic mass is 10.4. The molecule has 0 aliphatic heterocycles. The van der Waals surface area contributed by atoms with E-state index in [1.165, 1.54) is 6.92 Å². The fraction of sp³-hybridized carbons (Fsp3) is 0.667. The Hall–Kier alpha value is -0.920. The number of quaternary nitrogens is 1. The van der Waals surface area contributed by atoms with Crippen molar-refractivity contribution >= 4 is 16.1 Å². The van der Waals surface area contributed by atoms with E-state index in [1.807, 2.05) is 0 Å². The van der Waals surface area contributed by atoms with Crippen LogP contribution in [0.5, 0.6) is 0 Å². The zero-order chi connectivity index (χ0) is 13.0. The van der Waals surface area contributed by atoms with Gasteiger partial charge in [-0.1, -0.05) is 6.58 Å². The van der Waals surface area contributed by atoms with Crippen molar-refractivity contribution in [1.29, 1.82) is 0 Å². The highest BCUT2D eigenvalue weighted by atomic mass is 32.2. The summed E-state index contributed by atoms with van der Waals surface area (Å²) in [5.74, 6) is -0.879. The van der Waals surface area contributed by atoms with Gasteiger partial charge in [0.2, 0.25) is 0 Å². The van der Waals surface area contributed by atoms with Gasteiger partial charge in [-0.3, -0.25) is 9.39 Å². The third kappa shape index (κ3) is 7.38. The highest BCUT2D eigenvalue weighted by Gasteiger charge is 2.23. The van der Waals surface area contributed by atoms with Crippen LogP contribution in [0.15, 0.2) is 12.2 Å². The first-order chi connectivity index (χ1) is 7.03. The van der Waals surface area contributed by atoms with Crippen LogP contribution in [0.2, 0.25) is 0 Å². The van der Waals surface area contributed by atoms with E-state index >= 15 is 0 Å². The van der Waals surface area contributed by atoms with Gasteiger partial charge < -0.3 is 0 Å². The number of carbonyl (C=O) groups is 1. The lowest BCUT2D eigenvalue weighted by Gasteiger charge is -2.25. The van der Waals surface area contributed by atoms with Crippen LogP contribution in [0.4, 0.5) is 0 Å². The SMILES string of the molecule is C=C(C)C(=O)O[N+](C)(C)CCCS(=O)(=O)O. The van der Waals surface area contributed by atoms with Gasteiger partial charge in [-0.15, -0.1) is 4.65 Å². The molecule has 0 unspecified atom stereocenters. The molecule has 0 heterocycles. The molecule has 0 saturated carbocycles. The number of hydrogen-bond acceptors (Lipinski definition) is 4. The molecule has 16 heavy (non-hydrogen) atoms. The van der Waals surface area contributed by atoms with Gasteiger partial charge in [0.25, 0.3) is 10.1 Å². The minimum atomic E-state index is -3.96. The lowest BCUT2D eigenvalue weighted by molar-refractivity contribution is -1.06. The Balaban J connectivity index is 4.16. The fourth-order valence-electron chi connectivity index (χ4n) is 0.976. The summed E-state index contributed by atoms with van der Waals surface area (Å²) in [6, 6.07) is 0. The summed E-state index contributed by atoms with van der Waals surface area (Å²) in [7, 11) is -0.728. The molecular weight excluding hydrogens is 234 g/mol. The van der Waals surface area contributed by atoms with Crippen LogP contribution in [0.3, 0.4) is 0 Å². The molecule has 0 amide bonds. The number of rotatable bonds is 6. The molecule has 7 heteroatoms. The highest BCUT2D eigenvalue weighted by molar-refractivity contribution is 7.85.